The largest absolute Gasteiger partial charge is 0.337 e. The van der Waals surface area contributed by atoms with Crippen LogP contribution in [0, 0.1) is 5.92 Å². The van der Waals surface area contributed by atoms with Crippen molar-refractivity contribution in [3.8, 4) is 0 Å². The van der Waals surface area contributed by atoms with Crippen molar-refractivity contribution >= 4 is 11.7 Å². The zero-order valence-corrected chi connectivity index (χ0v) is 12.6. The van der Waals surface area contributed by atoms with Gasteiger partial charge in [0.05, 0.1) is 6.33 Å². The summed E-state index contributed by atoms with van der Waals surface area (Å²) in [5.41, 5.74) is 0. The molecule has 3 aromatic heterocycles. The SMILES string of the molecule is O=C(c1nc2ncccn2n1)N1CCC[C@@H](Cn2ccnc2)C1. The quantitative estimate of drug-likeness (QED) is 0.717. The first-order valence-corrected chi connectivity index (χ1v) is 7.72. The molecule has 0 spiro atoms. The summed E-state index contributed by atoms with van der Waals surface area (Å²) in [6, 6.07) is 1.76. The zero-order valence-electron chi connectivity index (χ0n) is 12.6. The lowest BCUT2D eigenvalue weighted by molar-refractivity contribution is 0.0650. The molecule has 0 bridgehead atoms. The minimum Gasteiger partial charge on any atom is -0.337 e. The number of hydrogen-bond acceptors (Lipinski definition) is 5. The molecule has 0 aliphatic carbocycles. The summed E-state index contributed by atoms with van der Waals surface area (Å²) in [5.74, 6) is 0.970. The van der Waals surface area contributed by atoms with E-state index in [1.165, 1.54) is 4.52 Å². The first-order valence-electron chi connectivity index (χ1n) is 7.72. The second-order valence-corrected chi connectivity index (χ2v) is 5.82. The van der Waals surface area contributed by atoms with Crippen LogP contribution in [0.25, 0.3) is 5.78 Å². The summed E-state index contributed by atoms with van der Waals surface area (Å²) < 4.78 is 3.59. The van der Waals surface area contributed by atoms with Gasteiger partial charge in [0, 0.05) is 44.4 Å². The van der Waals surface area contributed by atoms with Gasteiger partial charge in [0.25, 0.3) is 11.7 Å². The Morgan fingerprint density at radius 1 is 1.30 bits per heavy atom. The van der Waals surface area contributed by atoms with Crippen LogP contribution in [0.5, 0.6) is 0 Å². The summed E-state index contributed by atoms with van der Waals surface area (Å²) >= 11 is 0. The van der Waals surface area contributed by atoms with Gasteiger partial charge < -0.3 is 9.47 Å². The van der Waals surface area contributed by atoms with E-state index in [9.17, 15) is 4.79 Å². The van der Waals surface area contributed by atoms with Crippen LogP contribution in [0.1, 0.15) is 23.5 Å². The fourth-order valence-electron chi connectivity index (χ4n) is 3.06. The second kappa shape index (κ2) is 5.79. The highest BCUT2D eigenvalue weighted by atomic mass is 16.2. The molecule has 0 unspecified atom stereocenters. The molecule has 1 saturated heterocycles. The Balaban J connectivity index is 1.49. The minimum atomic E-state index is -0.120. The summed E-state index contributed by atoms with van der Waals surface area (Å²) in [6.07, 6.45) is 11.0. The number of fused-ring (bicyclic) bond motifs is 1. The normalized spacial score (nSPS) is 18.4. The molecule has 3 aromatic rings. The number of piperidine rings is 1. The highest BCUT2D eigenvalue weighted by Gasteiger charge is 2.27. The third-order valence-corrected chi connectivity index (χ3v) is 4.14. The summed E-state index contributed by atoms with van der Waals surface area (Å²) in [6.45, 7) is 2.35. The van der Waals surface area contributed by atoms with Crippen molar-refractivity contribution in [2.75, 3.05) is 13.1 Å². The van der Waals surface area contributed by atoms with Gasteiger partial charge in [-0.15, -0.1) is 5.10 Å². The molecule has 1 amide bonds. The summed E-state index contributed by atoms with van der Waals surface area (Å²) in [5, 5.41) is 4.23. The standard InChI is InChI=1S/C15H17N7O/c23-14(13-18-15-17-4-2-7-22(15)19-13)21-6-1-3-12(10-21)9-20-8-5-16-11-20/h2,4-5,7-8,11-12H,1,3,6,9-10H2/t12-/m0/s1. The number of aromatic nitrogens is 6. The molecule has 8 nitrogen and oxygen atoms in total. The molecular formula is C15H17N7O. The van der Waals surface area contributed by atoms with Gasteiger partial charge in [0.2, 0.25) is 5.82 Å². The van der Waals surface area contributed by atoms with E-state index >= 15 is 0 Å². The van der Waals surface area contributed by atoms with Crippen molar-refractivity contribution in [3.05, 3.63) is 43.0 Å². The average Bonchev–Trinajstić information content (AvgIpc) is 3.23. The molecule has 0 N–H and O–H groups in total. The molecule has 0 radical (unpaired) electrons. The van der Waals surface area contributed by atoms with E-state index in [1.807, 2.05) is 17.4 Å². The molecule has 0 aromatic carbocycles. The van der Waals surface area contributed by atoms with Crippen LogP contribution in [0.4, 0.5) is 0 Å². The number of nitrogens with zero attached hydrogens (tertiary/aromatic N) is 7. The average molecular weight is 311 g/mol. The van der Waals surface area contributed by atoms with Gasteiger partial charge in [-0.25, -0.2) is 14.5 Å². The van der Waals surface area contributed by atoms with Gasteiger partial charge in [-0.1, -0.05) is 0 Å². The molecule has 8 heteroatoms. The highest BCUT2D eigenvalue weighted by molar-refractivity contribution is 5.90. The Morgan fingerprint density at radius 3 is 3.09 bits per heavy atom. The number of carbonyl (C=O) groups is 1. The molecular weight excluding hydrogens is 294 g/mol. The van der Waals surface area contributed by atoms with Crippen LogP contribution in [0.15, 0.2) is 37.2 Å². The monoisotopic (exact) mass is 311 g/mol. The van der Waals surface area contributed by atoms with Crippen LogP contribution in [-0.2, 0) is 6.54 Å². The fourth-order valence-corrected chi connectivity index (χ4v) is 3.06. The lowest BCUT2D eigenvalue weighted by Crippen LogP contribution is -2.41. The Hall–Kier alpha value is -2.77. The summed E-state index contributed by atoms with van der Waals surface area (Å²) in [7, 11) is 0. The maximum atomic E-state index is 12.7. The molecule has 4 rings (SSSR count). The first-order chi connectivity index (χ1) is 11.3. The van der Waals surface area contributed by atoms with Crippen molar-refractivity contribution in [2.45, 2.75) is 19.4 Å². The molecule has 1 fully saturated rings. The molecule has 1 aliphatic rings. The Labute approximate surface area is 132 Å². The van der Waals surface area contributed by atoms with E-state index in [0.29, 0.717) is 11.7 Å². The van der Waals surface area contributed by atoms with Crippen molar-refractivity contribution in [1.82, 2.24) is 34.0 Å². The lowest BCUT2D eigenvalue weighted by Gasteiger charge is -2.32. The third-order valence-electron chi connectivity index (χ3n) is 4.14. The molecule has 23 heavy (non-hydrogen) atoms. The van der Waals surface area contributed by atoms with E-state index in [1.54, 1.807) is 24.7 Å². The number of hydrogen-bond donors (Lipinski definition) is 0. The number of rotatable bonds is 3. The van der Waals surface area contributed by atoms with Crippen LogP contribution in [0.2, 0.25) is 0 Å². The second-order valence-electron chi connectivity index (χ2n) is 5.82. The summed E-state index contributed by atoms with van der Waals surface area (Å²) in [4.78, 5) is 26.9. The molecule has 1 aliphatic heterocycles. The lowest BCUT2D eigenvalue weighted by atomic mass is 9.98. The van der Waals surface area contributed by atoms with Crippen LogP contribution >= 0.6 is 0 Å². The molecule has 1 atom stereocenters. The number of likely N-dealkylation sites (tertiary alicyclic amines) is 1. The van der Waals surface area contributed by atoms with Gasteiger partial charge in [-0.05, 0) is 24.8 Å². The van der Waals surface area contributed by atoms with Gasteiger partial charge in [0.15, 0.2) is 0 Å². The third kappa shape index (κ3) is 2.79. The smallest absolute Gasteiger partial charge is 0.293 e. The first kappa shape index (κ1) is 13.9. The van der Waals surface area contributed by atoms with Crippen LogP contribution in [0.3, 0.4) is 0 Å². The van der Waals surface area contributed by atoms with Gasteiger partial charge >= 0.3 is 0 Å². The van der Waals surface area contributed by atoms with E-state index < -0.39 is 0 Å². The number of carbonyl (C=O) groups excluding carboxylic acids is 1. The number of imidazole rings is 1. The molecule has 4 heterocycles. The highest BCUT2D eigenvalue weighted by Crippen LogP contribution is 2.19. The van der Waals surface area contributed by atoms with Gasteiger partial charge in [0.1, 0.15) is 0 Å². The topological polar surface area (TPSA) is 81.2 Å². The van der Waals surface area contributed by atoms with Crippen molar-refractivity contribution in [3.63, 3.8) is 0 Å². The zero-order chi connectivity index (χ0) is 15.6. The Bertz CT molecular complexity index is 777. The fraction of sp³-hybridized carbons (Fsp3) is 0.400. The van der Waals surface area contributed by atoms with Crippen LogP contribution in [-0.4, -0.2) is 53.0 Å². The van der Waals surface area contributed by atoms with Gasteiger partial charge in [-0.2, -0.15) is 4.98 Å². The predicted octanol–water partition coefficient (Wildman–Crippen LogP) is 0.873. The van der Waals surface area contributed by atoms with Crippen molar-refractivity contribution < 1.29 is 4.79 Å². The van der Waals surface area contributed by atoms with Gasteiger partial charge in [-0.3, -0.25) is 4.79 Å². The van der Waals surface area contributed by atoms with Crippen molar-refractivity contribution in [1.29, 1.82) is 0 Å². The van der Waals surface area contributed by atoms with Crippen molar-refractivity contribution in [2.24, 2.45) is 5.92 Å². The van der Waals surface area contributed by atoms with E-state index in [-0.39, 0.29) is 11.7 Å². The minimum absolute atomic E-state index is 0.120. The van der Waals surface area contributed by atoms with Crippen LogP contribution < -0.4 is 0 Å². The predicted molar refractivity (Wildman–Crippen MR) is 81.6 cm³/mol. The maximum Gasteiger partial charge on any atom is 0.293 e. The van der Waals surface area contributed by atoms with E-state index in [4.69, 9.17) is 0 Å². The molecule has 118 valence electrons. The van der Waals surface area contributed by atoms with E-state index in [2.05, 4.69) is 24.6 Å². The number of amides is 1. The maximum absolute atomic E-state index is 12.7. The Kier molecular flexibility index (Phi) is 3.49. The molecule has 0 saturated carbocycles. The Morgan fingerprint density at radius 2 is 2.26 bits per heavy atom. The van der Waals surface area contributed by atoms with E-state index in [0.717, 1.165) is 32.5 Å².